The molecule has 0 aliphatic heterocycles. The van der Waals surface area contributed by atoms with Crippen molar-refractivity contribution in [2.24, 2.45) is 5.10 Å². The maximum Gasteiger partial charge on any atom is 0.329 e. The summed E-state index contributed by atoms with van der Waals surface area (Å²) >= 11 is 0. The number of benzene rings is 3. The van der Waals surface area contributed by atoms with Crippen molar-refractivity contribution in [2.75, 3.05) is 17.2 Å². The van der Waals surface area contributed by atoms with Gasteiger partial charge in [-0.15, -0.1) is 0 Å². The van der Waals surface area contributed by atoms with Crippen LogP contribution < -0.4 is 20.8 Å². The fraction of sp³-hybridized carbons (Fsp3) is 0.185. The second kappa shape index (κ2) is 12.7. The van der Waals surface area contributed by atoms with Gasteiger partial charge in [-0.2, -0.15) is 5.10 Å². The highest BCUT2D eigenvalue weighted by Crippen LogP contribution is 2.16. The molecule has 0 aliphatic rings. The molecule has 3 aromatic rings. The van der Waals surface area contributed by atoms with Crippen LogP contribution >= 0.6 is 0 Å². The van der Waals surface area contributed by atoms with Crippen molar-refractivity contribution < 1.29 is 19.1 Å². The molecule has 0 bridgehead atoms. The number of nitrogens with zero attached hydrogens (tertiary/aromatic N) is 1. The lowest BCUT2D eigenvalue weighted by molar-refractivity contribution is -0.136. The third-order valence-corrected chi connectivity index (χ3v) is 5.15. The Hall–Kier alpha value is -4.46. The Kier molecular flexibility index (Phi) is 9.13. The van der Waals surface area contributed by atoms with Gasteiger partial charge in [0, 0.05) is 11.4 Å². The molecule has 0 aromatic heterocycles. The Labute approximate surface area is 204 Å². The molecule has 3 amide bonds. The van der Waals surface area contributed by atoms with E-state index in [2.05, 4.69) is 21.2 Å². The van der Waals surface area contributed by atoms with E-state index in [1.165, 1.54) is 6.21 Å². The average molecular weight is 473 g/mol. The van der Waals surface area contributed by atoms with E-state index in [1.807, 2.05) is 50.2 Å². The van der Waals surface area contributed by atoms with Crippen LogP contribution in [0.3, 0.4) is 0 Å². The lowest BCUT2D eigenvalue weighted by atomic mass is 10.1. The topological polar surface area (TPSA) is 109 Å². The van der Waals surface area contributed by atoms with Crippen LogP contribution in [-0.2, 0) is 27.2 Å². The molecule has 8 heteroatoms. The van der Waals surface area contributed by atoms with Crippen molar-refractivity contribution in [1.82, 2.24) is 5.43 Å². The van der Waals surface area contributed by atoms with Crippen molar-refractivity contribution in [2.45, 2.75) is 26.7 Å². The van der Waals surface area contributed by atoms with Crippen LogP contribution in [-0.4, -0.2) is 30.5 Å². The number of ether oxygens (including phenoxy) is 1. The summed E-state index contributed by atoms with van der Waals surface area (Å²) in [6.45, 7) is 3.87. The van der Waals surface area contributed by atoms with Crippen LogP contribution in [0, 0.1) is 0 Å². The van der Waals surface area contributed by atoms with Crippen molar-refractivity contribution in [3.05, 3.63) is 89.5 Å². The number of rotatable bonds is 9. The molecule has 0 heterocycles. The minimum atomic E-state index is -0.872. The average Bonchev–Trinajstić information content (AvgIpc) is 2.88. The molecule has 180 valence electrons. The highest BCUT2D eigenvalue weighted by atomic mass is 16.5. The highest BCUT2D eigenvalue weighted by Gasteiger charge is 2.14. The van der Waals surface area contributed by atoms with Gasteiger partial charge in [0.25, 0.3) is 5.91 Å². The molecule has 0 atom stereocenters. The molecule has 0 saturated heterocycles. The van der Waals surface area contributed by atoms with E-state index in [9.17, 15) is 14.4 Å². The minimum Gasteiger partial charge on any atom is -0.484 e. The van der Waals surface area contributed by atoms with E-state index < -0.39 is 11.8 Å². The van der Waals surface area contributed by atoms with Gasteiger partial charge in [0.15, 0.2) is 6.61 Å². The Morgan fingerprint density at radius 2 is 1.34 bits per heavy atom. The van der Waals surface area contributed by atoms with Gasteiger partial charge in [-0.25, -0.2) is 5.43 Å². The fourth-order valence-corrected chi connectivity index (χ4v) is 3.28. The number of nitrogens with one attached hydrogen (secondary N) is 3. The first-order valence-electron chi connectivity index (χ1n) is 11.3. The van der Waals surface area contributed by atoms with E-state index in [4.69, 9.17) is 4.74 Å². The van der Waals surface area contributed by atoms with Gasteiger partial charge in [0.05, 0.1) is 6.21 Å². The van der Waals surface area contributed by atoms with Crippen LogP contribution in [0.4, 0.5) is 11.4 Å². The van der Waals surface area contributed by atoms with Gasteiger partial charge in [0.2, 0.25) is 0 Å². The quantitative estimate of drug-likeness (QED) is 0.249. The molecule has 35 heavy (non-hydrogen) atoms. The second-order valence-electron chi connectivity index (χ2n) is 7.58. The summed E-state index contributed by atoms with van der Waals surface area (Å²) in [6.07, 6.45) is 2.95. The summed E-state index contributed by atoms with van der Waals surface area (Å²) in [7, 11) is 0. The van der Waals surface area contributed by atoms with E-state index in [-0.39, 0.29) is 12.5 Å². The molecule has 8 nitrogen and oxygen atoms in total. The first-order valence-corrected chi connectivity index (χ1v) is 11.3. The van der Waals surface area contributed by atoms with Crippen LogP contribution in [0.15, 0.2) is 77.9 Å². The smallest absolute Gasteiger partial charge is 0.329 e. The monoisotopic (exact) mass is 472 g/mol. The fourth-order valence-electron chi connectivity index (χ4n) is 3.28. The summed E-state index contributed by atoms with van der Waals surface area (Å²) in [6, 6.07) is 21.7. The zero-order chi connectivity index (χ0) is 25.0. The van der Waals surface area contributed by atoms with Crippen LogP contribution in [0.1, 0.15) is 30.5 Å². The third kappa shape index (κ3) is 7.53. The summed E-state index contributed by atoms with van der Waals surface area (Å²) in [5, 5.41) is 9.27. The van der Waals surface area contributed by atoms with E-state index >= 15 is 0 Å². The number of anilines is 2. The van der Waals surface area contributed by atoms with Gasteiger partial charge >= 0.3 is 11.8 Å². The molecule has 3 N–H and O–H groups in total. The summed E-state index contributed by atoms with van der Waals surface area (Å²) in [5.74, 6) is -1.41. The van der Waals surface area contributed by atoms with Gasteiger partial charge in [-0.3, -0.25) is 14.4 Å². The molecular weight excluding hydrogens is 444 g/mol. The number of carbonyl (C=O) groups excluding carboxylic acids is 3. The number of hydrazone groups is 1. The van der Waals surface area contributed by atoms with Crippen molar-refractivity contribution in [3.8, 4) is 5.75 Å². The Morgan fingerprint density at radius 1 is 0.771 bits per heavy atom. The molecule has 0 radical (unpaired) electrons. The van der Waals surface area contributed by atoms with Crippen LogP contribution in [0.2, 0.25) is 0 Å². The van der Waals surface area contributed by atoms with E-state index in [0.717, 1.165) is 29.7 Å². The van der Waals surface area contributed by atoms with Gasteiger partial charge in [-0.1, -0.05) is 50.2 Å². The summed E-state index contributed by atoms with van der Waals surface area (Å²) in [5.41, 5.74) is 6.25. The molecule has 3 rings (SSSR count). The first-order chi connectivity index (χ1) is 17.0. The SMILES string of the molecule is CCc1ccccc1NC(=O)COc1ccc(/C=N\NC(=O)C(=O)Nc2ccccc2CC)cc1. The van der Waals surface area contributed by atoms with Crippen molar-refractivity contribution >= 4 is 35.3 Å². The Morgan fingerprint density at radius 3 is 1.94 bits per heavy atom. The largest absolute Gasteiger partial charge is 0.484 e. The molecule has 0 aliphatic carbocycles. The molecule has 0 saturated carbocycles. The van der Waals surface area contributed by atoms with Gasteiger partial charge < -0.3 is 15.4 Å². The predicted molar refractivity (Wildman–Crippen MR) is 137 cm³/mol. The minimum absolute atomic E-state index is 0.127. The summed E-state index contributed by atoms with van der Waals surface area (Å²) in [4.78, 5) is 36.3. The lowest BCUT2D eigenvalue weighted by Crippen LogP contribution is -2.32. The Bertz CT molecular complexity index is 1210. The molecular formula is C27H28N4O4. The first kappa shape index (κ1) is 25.2. The number of aryl methyl sites for hydroxylation is 2. The highest BCUT2D eigenvalue weighted by molar-refractivity contribution is 6.39. The zero-order valence-corrected chi connectivity index (χ0v) is 19.7. The van der Waals surface area contributed by atoms with E-state index in [0.29, 0.717) is 17.0 Å². The Balaban J connectivity index is 1.45. The third-order valence-electron chi connectivity index (χ3n) is 5.15. The maximum atomic E-state index is 12.2. The molecule has 0 unspecified atom stereocenters. The van der Waals surface area contributed by atoms with Crippen LogP contribution in [0.25, 0.3) is 0 Å². The number of hydrogen-bond acceptors (Lipinski definition) is 5. The second-order valence-corrected chi connectivity index (χ2v) is 7.58. The van der Waals surface area contributed by atoms with Crippen molar-refractivity contribution in [3.63, 3.8) is 0 Å². The number of carbonyl (C=O) groups is 3. The number of hydrogen-bond donors (Lipinski definition) is 3. The normalized spacial score (nSPS) is 10.6. The molecule has 3 aromatic carbocycles. The number of amides is 3. The molecule has 0 spiro atoms. The predicted octanol–water partition coefficient (Wildman–Crippen LogP) is 3.92. The van der Waals surface area contributed by atoms with Gasteiger partial charge in [-0.05, 0) is 65.9 Å². The number of para-hydroxylation sites is 2. The van der Waals surface area contributed by atoms with Crippen LogP contribution in [0.5, 0.6) is 5.75 Å². The zero-order valence-electron chi connectivity index (χ0n) is 19.7. The van der Waals surface area contributed by atoms with Gasteiger partial charge in [0.1, 0.15) is 5.75 Å². The standard InChI is InChI=1S/C27H28N4O4/c1-3-20-9-5-7-11-23(20)29-25(32)18-35-22-15-13-19(14-16-22)17-28-31-27(34)26(33)30-24-12-8-6-10-21(24)4-2/h5-17H,3-4,18H2,1-2H3,(H,29,32)(H,30,33)(H,31,34)/b28-17-. The van der Waals surface area contributed by atoms with Crippen molar-refractivity contribution in [1.29, 1.82) is 0 Å². The summed E-state index contributed by atoms with van der Waals surface area (Å²) < 4.78 is 5.54. The molecule has 0 fully saturated rings. The lowest BCUT2D eigenvalue weighted by Gasteiger charge is -2.10. The maximum absolute atomic E-state index is 12.2. The van der Waals surface area contributed by atoms with E-state index in [1.54, 1.807) is 36.4 Å².